The number of carbonyl (C=O) groups excluding carboxylic acids is 2. The number of rotatable bonds is 5. The molecule has 1 rings (SSSR count). The lowest BCUT2D eigenvalue weighted by molar-refractivity contribution is -0.357. The third kappa shape index (κ3) is 4.90. The van der Waals surface area contributed by atoms with Gasteiger partial charge < -0.3 is 14.6 Å². The first-order chi connectivity index (χ1) is 11.7. The van der Waals surface area contributed by atoms with Gasteiger partial charge in [0.25, 0.3) is 0 Å². The fourth-order valence-electron chi connectivity index (χ4n) is 1.50. The van der Waals surface area contributed by atoms with Crippen LogP contribution in [0.25, 0.3) is 0 Å². The Morgan fingerprint density at radius 3 is 1.96 bits per heavy atom. The van der Waals surface area contributed by atoms with Gasteiger partial charge in [0.05, 0.1) is 5.56 Å². The molecule has 146 valence electrons. The smallest absolute Gasteiger partial charge is 0.437 e. The molecule has 0 saturated carbocycles. The van der Waals surface area contributed by atoms with Crippen molar-refractivity contribution < 1.29 is 50.5 Å². The van der Waals surface area contributed by atoms with Crippen LogP contribution in [-0.2, 0) is 14.3 Å². The first-order valence-electron chi connectivity index (χ1n) is 6.37. The van der Waals surface area contributed by atoms with E-state index in [1.54, 1.807) is 6.07 Å². The minimum Gasteiger partial charge on any atom is -0.459 e. The predicted octanol–water partition coefficient (Wildman–Crippen LogP) is 3.45. The van der Waals surface area contributed by atoms with Gasteiger partial charge in [-0.2, -0.15) is 26.3 Å². The minimum atomic E-state index is -6.34. The number of ether oxygens (including phenoxy) is 2. The maximum absolute atomic E-state index is 12.4. The topological polar surface area (TPSA) is 72.8 Å². The first kappa shape index (κ1) is 23.2. The number of halogens is 8. The van der Waals surface area contributed by atoms with E-state index < -0.39 is 43.1 Å². The summed E-state index contributed by atoms with van der Waals surface area (Å²) in [4.78, 5) is 22.9. The van der Waals surface area contributed by atoms with Gasteiger partial charge in [-0.25, -0.2) is 9.59 Å². The average molecular weight is 612 g/mol. The molecule has 0 aliphatic carbocycles. The lowest BCUT2D eigenvalue weighted by atomic mass is 10.0. The van der Waals surface area contributed by atoms with E-state index in [0.717, 1.165) is 0 Å². The largest absolute Gasteiger partial charge is 0.459 e. The van der Waals surface area contributed by atoms with Crippen molar-refractivity contribution in [2.45, 2.75) is 18.0 Å². The zero-order valence-corrected chi connectivity index (χ0v) is 16.6. The second-order valence-corrected chi connectivity index (χ2v) is 6.82. The zero-order valence-electron chi connectivity index (χ0n) is 12.3. The molecule has 0 atom stereocenters. The van der Waals surface area contributed by atoms with Gasteiger partial charge >= 0.3 is 29.9 Å². The van der Waals surface area contributed by atoms with Crippen molar-refractivity contribution in [2.24, 2.45) is 0 Å². The quantitative estimate of drug-likeness (QED) is 0.239. The van der Waals surface area contributed by atoms with E-state index in [4.69, 9.17) is 5.11 Å². The maximum atomic E-state index is 12.4. The van der Waals surface area contributed by atoms with Crippen LogP contribution < -0.4 is 0 Å². The zero-order chi connectivity index (χ0) is 20.3. The Bertz CT molecular complexity index is 675. The van der Waals surface area contributed by atoms with Crippen molar-refractivity contribution in [3.8, 4) is 0 Å². The van der Waals surface area contributed by atoms with Gasteiger partial charge in [-0.05, 0) is 57.3 Å². The van der Waals surface area contributed by atoms with Crippen LogP contribution in [0.5, 0.6) is 0 Å². The third-order valence-electron chi connectivity index (χ3n) is 2.84. The number of esters is 2. The molecule has 0 amide bonds. The summed E-state index contributed by atoms with van der Waals surface area (Å²) in [5.41, 5.74) is -5.56. The molecule has 0 unspecified atom stereocenters. The lowest BCUT2D eigenvalue weighted by Crippen LogP contribution is -2.63. The number of aliphatic hydroxyl groups is 1. The number of hydrogen-bond donors (Lipinski definition) is 1. The average Bonchev–Trinajstić information content (AvgIpc) is 2.50. The highest BCUT2D eigenvalue weighted by molar-refractivity contribution is 14.1. The highest BCUT2D eigenvalue weighted by Crippen LogP contribution is 2.43. The van der Waals surface area contributed by atoms with Crippen molar-refractivity contribution in [1.82, 2.24) is 0 Å². The first-order valence-corrected chi connectivity index (χ1v) is 8.53. The van der Waals surface area contributed by atoms with Crippen LogP contribution in [0.2, 0.25) is 0 Å². The molecule has 1 aromatic carbocycles. The molecule has 0 aliphatic heterocycles. The summed E-state index contributed by atoms with van der Waals surface area (Å²) in [6.45, 7) is -1.92. The monoisotopic (exact) mass is 612 g/mol. The molecule has 0 spiro atoms. The van der Waals surface area contributed by atoms with E-state index in [1.807, 2.05) is 45.2 Å². The van der Waals surface area contributed by atoms with Crippen LogP contribution in [0.1, 0.15) is 10.4 Å². The fraction of sp³-hybridized carbons (Fsp3) is 0.385. The molecule has 26 heavy (non-hydrogen) atoms. The SMILES string of the molecule is O=C(OCCOC(=O)C(O)(C(F)(F)F)C(F)(F)F)c1cccc(I)c1I. The fourth-order valence-corrected chi connectivity index (χ4v) is 2.58. The van der Waals surface area contributed by atoms with Crippen LogP contribution >= 0.6 is 45.2 Å². The summed E-state index contributed by atoms with van der Waals surface area (Å²) in [7, 11) is 0. The van der Waals surface area contributed by atoms with Crippen molar-refractivity contribution in [2.75, 3.05) is 13.2 Å². The molecular formula is C13H8F6I2O5. The van der Waals surface area contributed by atoms with Crippen molar-refractivity contribution in [1.29, 1.82) is 0 Å². The van der Waals surface area contributed by atoms with Gasteiger partial charge in [0.1, 0.15) is 13.2 Å². The predicted molar refractivity (Wildman–Crippen MR) is 90.2 cm³/mol. The highest BCUT2D eigenvalue weighted by atomic mass is 127. The van der Waals surface area contributed by atoms with Crippen LogP contribution in [-0.4, -0.2) is 48.2 Å². The normalized spacial score (nSPS) is 12.7. The van der Waals surface area contributed by atoms with Crippen LogP contribution in [0.3, 0.4) is 0 Å². The van der Waals surface area contributed by atoms with Gasteiger partial charge in [-0.3, -0.25) is 0 Å². The highest BCUT2D eigenvalue weighted by Gasteiger charge is 2.76. The Labute approximate surface area is 169 Å². The summed E-state index contributed by atoms with van der Waals surface area (Å²) >= 11 is 3.78. The van der Waals surface area contributed by atoms with Crippen molar-refractivity contribution in [3.05, 3.63) is 30.9 Å². The molecule has 0 fully saturated rings. The summed E-state index contributed by atoms with van der Waals surface area (Å²) < 4.78 is 84.3. The van der Waals surface area contributed by atoms with Gasteiger partial charge in [-0.1, -0.05) is 6.07 Å². The number of benzene rings is 1. The Morgan fingerprint density at radius 2 is 1.46 bits per heavy atom. The van der Waals surface area contributed by atoms with Crippen molar-refractivity contribution >= 4 is 57.1 Å². The summed E-state index contributed by atoms with van der Waals surface area (Å²) in [6.07, 6.45) is -12.7. The summed E-state index contributed by atoms with van der Waals surface area (Å²) in [5.74, 6) is -3.87. The molecule has 0 radical (unpaired) electrons. The molecular weight excluding hydrogens is 604 g/mol. The van der Waals surface area contributed by atoms with Crippen LogP contribution in [0.4, 0.5) is 26.3 Å². The van der Waals surface area contributed by atoms with Gasteiger partial charge in [-0.15, -0.1) is 0 Å². The van der Waals surface area contributed by atoms with Crippen molar-refractivity contribution in [3.63, 3.8) is 0 Å². The Kier molecular flexibility index (Phi) is 7.54. The van der Waals surface area contributed by atoms with Crippen LogP contribution in [0.15, 0.2) is 18.2 Å². The minimum absolute atomic E-state index is 0.117. The van der Waals surface area contributed by atoms with E-state index >= 15 is 0 Å². The van der Waals surface area contributed by atoms with Gasteiger partial charge in [0, 0.05) is 7.14 Å². The molecule has 5 nitrogen and oxygen atoms in total. The summed E-state index contributed by atoms with van der Waals surface area (Å²) in [6, 6.07) is 4.62. The molecule has 1 aromatic rings. The van der Waals surface area contributed by atoms with E-state index in [-0.39, 0.29) is 5.56 Å². The third-order valence-corrected chi connectivity index (χ3v) is 5.93. The molecule has 0 bridgehead atoms. The Morgan fingerprint density at radius 1 is 0.962 bits per heavy atom. The van der Waals surface area contributed by atoms with Gasteiger partial charge in [0.2, 0.25) is 0 Å². The molecule has 0 heterocycles. The van der Waals surface area contributed by atoms with E-state index in [2.05, 4.69) is 9.47 Å². The van der Waals surface area contributed by atoms with Gasteiger partial charge in [0.15, 0.2) is 0 Å². The Balaban J connectivity index is 2.69. The lowest BCUT2D eigenvalue weighted by Gasteiger charge is -2.29. The van der Waals surface area contributed by atoms with E-state index in [9.17, 15) is 35.9 Å². The maximum Gasteiger partial charge on any atom is 0.437 e. The van der Waals surface area contributed by atoms with E-state index in [1.165, 1.54) is 12.1 Å². The summed E-state index contributed by atoms with van der Waals surface area (Å²) in [5, 5.41) is 8.77. The molecule has 13 heteroatoms. The number of hydrogen-bond acceptors (Lipinski definition) is 5. The molecule has 0 saturated heterocycles. The Hall–Kier alpha value is -0.840. The second-order valence-electron chi connectivity index (χ2n) is 4.58. The van der Waals surface area contributed by atoms with E-state index in [0.29, 0.717) is 7.14 Å². The second kappa shape index (κ2) is 8.45. The number of carbonyl (C=O) groups is 2. The number of alkyl halides is 6. The molecule has 0 aliphatic rings. The standard InChI is InChI=1S/C13H8F6I2O5/c14-12(15,16)11(24,13(17,18)19)10(23)26-5-4-25-9(22)6-2-1-3-7(20)8(6)21/h1-3,24H,4-5H2. The molecule has 1 N–H and O–H groups in total. The molecule has 0 aromatic heterocycles. The van der Waals surface area contributed by atoms with Crippen LogP contribution in [0, 0.1) is 7.14 Å².